The zero-order valence-corrected chi connectivity index (χ0v) is 12.2. The first-order valence-electron chi connectivity index (χ1n) is 4.58. The standard InChI is InChI=1S/C10H12ClIN2O.ClH/c11-9-6-7(12)2-3-8(9)10(15)14-5-1-4-13;/h2-3,6H,1,4-5,13H2,(H,14,15);1H. The van der Waals surface area contributed by atoms with Gasteiger partial charge in [0.2, 0.25) is 0 Å². The molecule has 0 spiro atoms. The third-order valence-corrected chi connectivity index (χ3v) is 2.83. The van der Waals surface area contributed by atoms with Crippen LogP contribution in [0.2, 0.25) is 5.02 Å². The molecule has 3 nitrogen and oxygen atoms in total. The quantitative estimate of drug-likeness (QED) is 0.628. The molecular formula is C10H13Cl2IN2O. The predicted molar refractivity (Wildman–Crippen MR) is 77.4 cm³/mol. The molecule has 0 heterocycles. The summed E-state index contributed by atoms with van der Waals surface area (Å²) in [5, 5.41) is 3.23. The minimum Gasteiger partial charge on any atom is -0.352 e. The maximum Gasteiger partial charge on any atom is 0.252 e. The first-order valence-corrected chi connectivity index (χ1v) is 6.04. The third kappa shape index (κ3) is 4.86. The monoisotopic (exact) mass is 374 g/mol. The van der Waals surface area contributed by atoms with Crippen LogP contribution in [0.5, 0.6) is 0 Å². The fraction of sp³-hybridized carbons (Fsp3) is 0.300. The number of halogens is 3. The van der Waals surface area contributed by atoms with Gasteiger partial charge in [-0.25, -0.2) is 0 Å². The molecule has 0 aliphatic heterocycles. The number of carbonyl (C=O) groups excluding carboxylic acids is 1. The zero-order chi connectivity index (χ0) is 11.3. The second-order valence-electron chi connectivity index (χ2n) is 3.02. The van der Waals surface area contributed by atoms with Crippen LogP contribution < -0.4 is 11.1 Å². The summed E-state index contributed by atoms with van der Waals surface area (Å²) in [6, 6.07) is 5.34. The van der Waals surface area contributed by atoms with Gasteiger partial charge in [0.1, 0.15) is 0 Å². The van der Waals surface area contributed by atoms with Crippen LogP contribution in [-0.4, -0.2) is 19.0 Å². The Morgan fingerprint density at radius 2 is 2.19 bits per heavy atom. The molecule has 0 fully saturated rings. The number of amides is 1. The Balaban J connectivity index is 0.00000225. The number of nitrogens with two attached hydrogens (primary N) is 1. The van der Waals surface area contributed by atoms with Crippen LogP contribution in [0.1, 0.15) is 16.8 Å². The van der Waals surface area contributed by atoms with Crippen LogP contribution in [0.25, 0.3) is 0 Å². The van der Waals surface area contributed by atoms with Crippen molar-refractivity contribution in [2.24, 2.45) is 5.73 Å². The van der Waals surface area contributed by atoms with Crippen molar-refractivity contribution in [2.45, 2.75) is 6.42 Å². The molecule has 0 radical (unpaired) electrons. The van der Waals surface area contributed by atoms with Crippen molar-refractivity contribution in [3.05, 3.63) is 32.4 Å². The van der Waals surface area contributed by atoms with Gasteiger partial charge in [0.25, 0.3) is 5.91 Å². The van der Waals surface area contributed by atoms with E-state index in [0.29, 0.717) is 23.7 Å². The van der Waals surface area contributed by atoms with Crippen molar-refractivity contribution in [1.82, 2.24) is 5.32 Å². The van der Waals surface area contributed by atoms with E-state index in [-0.39, 0.29) is 18.3 Å². The van der Waals surface area contributed by atoms with E-state index in [1.54, 1.807) is 12.1 Å². The highest BCUT2D eigenvalue weighted by Crippen LogP contribution is 2.18. The SMILES string of the molecule is Cl.NCCCNC(=O)c1ccc(I)cc1Cl. The molecule has 0 saturated carbocycles. The van der Waals surface area contributed by atoms with Crippen LogP contribution in [0, 0.1) is 3.57 Å². The predicted octanol–water partition coefficient (Wildman–Crippen LogP) is 2.45. The number of nitrogens with one attached hydrogen (secondary N) is 1. The molecule has 1 rings (SSSR count). The average molecular weight is 375 g/mol. The summed E-state index contributed by atoms with van der Waals surface area (Å²) in [5.74, 6) is -0.148. The molecule has 3 N–H and O–H groups in total. The van der Waals surface area contributed by atoms with E-state index in [0.717, 1.165) is 9.99 Å². The fourth-order valence-electron chi connectivity index (χ4n) is 1.07. The van der Waals surface area contributed by atoms with E-state index in [9.17, 15) is 4.79 Å². The molecule has 1 aromatic rings. The van der Waals surface area contributed by atoms with Crippen molar-refractivity contribution >= 4 is 52.5 Å². The second-order valence-corrected chi connectivity index (χ2v) is 4.68. The van der Waals surface area contributed by atoms with Gasteiger partial charge in [0.15, 0.2) is 0 Å². The lowest BCUT2D eigenvalue weighted by Crippen LogP contribution is -2.26. The molecule has 1 aromatic carbocycles. The van der Waals surface area contributed by atoms with E-state index >= 15 is 0 Å². The largest absolute Gasteiger partial charge is 0.352 e. The summed E-state index contributed by atoms with van der Waals surface area (Å²) in [6.45, 7) is 1.15. The molecule has 16 heavy (non-hydrogen) atoms. The van der Waals surface area contributed by atoms with Gasteiger partial charge >= 0.3 is 0 Å². The lowest BCUT2D eigenvalue weighted by atomic mass is 10.2. The maximum atomic E-state index is 11.6. The Labute approximate surface area is 120 Å². The Morgan fingerprint density at radius 1 is 1.50 bits per heavy atom. The van der Waals surface area contributed by atoms with Gasteiger partial charge in [-0.15, -0.1) is 12.4 Å². The van der Waals surface area contributed by atoms with Gasteiger partial charge in [-0.3, -0.25) is 4.79 Å². The molecule has 0 saturated heterocycles. The smallest absolute Gasteiger partial charge is 0.252 e. The molecule has 0 aromatic heterocycles. The summed E-state index contributed by atoms with van der Waals surface area (Å²) in [4.78, 5) is 11.6. The Kier molecular flexibility index (Phi) is 8.09. The molecular weight excluding hydrogens is 362 g/mol. The third-order valence-electron chi connectivity index (χ3n) is 1.84. The number of benzene rings is 1. The molecule has 0 bridgehead atoms. The molecule has 1 amide bonds. The van der Waals surface area contributed by atoms with Crippen LogP contribution in [0.3, 0.4) is 0 Å². The van der Waals surface area contributed by atoms with E-state index in [1.165, 1.54) is 0 Å². The molecule has 6 heteroatoms. The summed E-state index contributed by atoms with van der Waals surface area (Å²) in [5.41, 5.74) is 5.83. The lowest BCUT2D eigenvalue weighted by Gasteiger charge is -2.06. The summed E-state index contributed by atoms with van der Waals surface area (Å²) >= 11 is 8.09. The second kappa shape index (κ2) is 8.11. The van der Waals surface area contributed by atoms with Crippen molar-refractivity contribution in [2.75, 3.05) is 13.1 Å². The van der Waals surface area contributed by atoms with Crippen molar-refractivity contribution in [3.63, 3.8) is 0 Å². The molecule has 0 unspecified atom stereocenters. The van der Waals surface area contributed by atoms with Gasteiger partial charge < -0.3 is 11.1 Å². The van der Waals surface area contributed by atoms with Gasteiger partial charge in [-0.1, -0.05) is 11.6 Å². The van der Waals surface area contributed by atoms with Gasteiger partial charge in [-0.2, -0.15) is 0 Å². The van der Waals surface area contributed by atoms with Crippen molar-refractivity contribution < 1.29 is 4.79 Å². The van der Waals surface area contributed by atoms with Gasteiger partial charge in [0, 0.05) is 10.1 Å². The zero-order valence-electron chi connectivity index (χ0n) is 8.50. The number of rotatable bonds is 4. The molecule has 0 atom stereocenters. The van der Waals surface area contributed by atoms with Gasteiger partial charge in [0.05, 0.1) is 10.6 Å². The average Bonchev–Trinajstić information content (AvgIpc) is 2.17. The van der Waals surface area contributed by atoms with Crippen LogP contribution in [0.4, 0.5) is 0 Å². The minimum atomic E-state index is -0.148. The normalized spacial score (nSPS) is 9.44. The van der Waals surface area contributed by atoms with E-state index in [1.807, 2.05) is 6.07 Å². The first-order chi connectivity index (χ1) is 7.15. The van der Waals surface area contributed by atoms with Gasteiger partial charge in [-0.05, 0) is 53.8 Å². The highest BCUT2D eigenvalue weighted by atomic mass is 127. The number of carbonyl (C=O) groups is 1. The van der Waals surface area contributed by atoms with Crippen LogP contribution >= 0.6 is 46.6 Å². The molecule has 90 valence electrons. The Bertz CT molecular complexity index is 361. The highest BCUT2D eigenvalue weighted by Gasteiger charge is 2.09. The lowest BCUT2D eigenvalue weighted by molar-refractivity contribution is 0.0953. The topological polar surface area (TPSA) is 55.1 Å². The number of hydrogen-bond acceptors (Lipinski definition) is 2. The van der Waals surface area contributed by atoms with Crippen LogP contribution in [-0.2, 0) is 0 Å². The van der Waals surface area contributed by atoms with E-state index in [4.69, 9.17) is 17.3 Å². The van der Waals surface area contributed by atoms with Crippen molar-refractivity contribution in [3.8, 4) is 0 Å². The summed E-state index contributed by atoms with van der Waals surface area (Å²) in [7, 11) is 0. The summed E-state index contributed by atoms with van der Waals surface area (Å²) in [6.07, 6.45) is 0.772. The molecule has 0 aliphatic carbocycles. The van der Waals surface area contributed by atoms with Crippen LogP contribution in [0.15, 0.2) is 18.2 Å². The van der Waals surface area contributed by atoms with E-state index in [2.05, 4.69) is 27.9 Å². The molecule has 0 aliphatic rings. The minimum absolute atomic E-state index is 0. The van der Waals surface area contributed by atoms with Crippen molar-refractivity contribution in [1.29, 1.82) is 0 Å². The maximum absolute atomic E-state index is 11.6. The fourth-order valence-corrected chi connectivity index (χ4v) is 2.01. The number of hydrogen-bond donors (Lipinski definition) is 2. The Morgan fingerprint density at radius 3 is 2.75 bits per heavy atom. The first kappa shape index (κ1) is 16.0. The summed E-state index contributed by atoms with van der Waals surface area (Å²) < 4.78 is 1.01. The van der Waals surface area contributed by atoms with E-state index < -0.39 is 0 Å². The Hall–Kier alpha value is -0.0400. The highest BCUT2D eigenvalue weighted by molar-refractivity contribution is 14.1.